The maximum atomic E-state index is 12.5. The molecule has 23 heavy (non-hydrogen) atoms. The molecule has 1 fully saturated rings. The maximum Gasteiger partial charge on any atom is 0.256 e. The van der Waals surface area contributed by atoms with Gasteiger partial charge in [-0.25, -0.2) is 5.01 Å². The van der Waals surface area contributed by atoms with E-state index >= 15 is 0 Å². The summed E-state index contributed by atoms with van der Waals surface area (Å²) in [6.45, 7) is 6.54. The summed E-state index contributed by atoms with van der Waals surface area (Å²) in [7, 11) is 0. The second-order valence-corrected chi connectivity index (χ2v) is 6.04. The summed E-state index contributed by atoms with van der Waals surface area (Å²) in [6, 6.07) is 16.1. The zero-order valence-corrected chi connectivity index (χ0v) is 13.7. The molecule has 1 heterocycles. The Kier molecular flexibility index (Phi) is 4.15. The Bertz CT molecular complexity index is 767. The molecule has 0 bridgehead atoms. The van der Waals surface area contributed by atoms with Crippen LogP contribution in [0.4, 0.5) is 5.69 Å². The molecule has 0 aromatic heterocycles. The standard InChI is InChI=1S/C19H21N3O/c1-13-6-4-8-16(10-13)12-20-18-15(3)19(23)22(21-18)17-9-5-7-14(2)11-17/h4-11,15H,12H2,1-3H3,(H,20,21). The van der Waals surface area contributed by atoms with Gasteiger partial charge in [-0.2, -0.15) is 0 Å². The molecule has 2 aromatic carbocycles. The third kappa shape index (κ3) is 3.26. The zero-order chi connectivity index (χ0) is 16.4. The fourth-order valence-electron chi connectivity index (χ4n) is 2.70. The summed E-state index contributed by atoms with van der Waals surface area (Å²) in [5.74, 6) is 0.497. The van der Waals surface area contributed by atoms with E-state index in [-0.39, 0.29) is 11.8 Å². The number of hydrazine groups is 1. The molecule has 0 radical (unpaired) electrons. The first-order chi connectivity index (χ1) is 11.0. The Morgan fingerprint density at radius 2 is 1.78 bits per heavy atom. The van der Waals surface area contributed by atoms with Crippen molar-refractivity contribution in [2.75, 3.05) is 5.01 Å². The van der Waals surface area contributed by atoms with Crippen LogP contribution in [0.2, 0.25) is 0 Å². The third-order valence-electron chi connectivity index (χ3n) is 4.00. The molecule has 0 saturated carbocycles. The summed E-state index contributed by atoms with van der Waals surface area (Å²) in [4.78, 5) is 17.1. The molecule has 4 nitrogen and oxygen atoms in total. The third-order valence-corrected chi connectivity index (χ3v) is 4.00. The van der Waals surface area contributed by atoms with Crippen molar-refractivity contribution in [2.45, 2.75) is 27.3 Å². The van der Waals surface area contributed by atoms with E-state index in [4.69, 9.17) is 0 Å². The first kappa shape index (κ1) is 15.3. The molecular formula is C19H21N3O. The van der Waals surface area contributed by atoms with Crippen molar-refractivity contribution in [1.82, 2.24) is 5.43 Å². The molecule has 1 atom stereocenters. The van der Waals surface area contributed by atoms with Gasteiger partial charge in [0.05, 0.1) is 18.2 Å². The van der Waals surface area contributed by atoms with Crippen molar-refractivity contribution in [3.8, 4) is 0 Å². The lowest BCUT2D eigenvalue weighted by Crippen LogP contribution is -2.35. The molecule has 118 valence electrons. The lowest BCUT2D eigenvalue weighted by atomic mass is 10.1. The normalized spacial score (nSPS) is 19.3. The molecule has 3 rings (SSSR count). The summed E-state index contributed by atoms with van der Waals surface area (Å²) in [5, 5.41) is 1.59. The van der Waals surface area contributed by atoms with Crippen LogP contribution in [-0.2, 0) is 11.3 Å². The molecule has 1 saturated heterocycles. The zero-order valence-electron chi connectivity index (χ0n) is 13.7. The first-order valence-electron chi connectivity index (χ1n) is 7.82. The van der Waals surface area contributed by atoms with Crippen molar-refractivity contribution in [1.29, 1.82) is 0 Å². The highest BCUT2D eigenvalue weighted by atomic mass is 16.2. The Balaban J connectivity index is 1.79. The minimum Gasteiger partial charge on any atom is -0.278 e. The van der Waals surface area contributed by atoms with Crippen molar-refractivity contribution in [3.05, 3.63) is 65.2 Å². The smallest absolute Gasteiger partial charge is 0.256 e. The van der Waals surface area contributed by atoms with Gasteiger partial charge in [-0.15, -0.1) is 0 Å². The predicted molar refractivity (Wildman–Crippen MR) is 93.3 cm³/mol. The number of carbonyl (C=O) groups excluding carboxylic acids is 1. The Morgan fingerprint density at radius 3 is 2.48 bits per heavy atom. The number of aliphatic imine (C=N–C) groups is 1. The van der Waals surface area contributed by atoms with Gasteiger partial charge in [-0.05, 0) is 44.0 Å². The van der Waals surface area contributed by atoms with Gasteiger partial charge >= 0.3 is 0 Å². The number of carbonyl (C=O) groups is 1. The average Bonchev–Trinajstić information content (AvgIpc) is 2.81. The Labute approximate surface area is 136 Å². The van der Waals surface area contributed by atoms with Gasteiger partial charge in [0.25, 0.3) is 5.91 Å². The second-order valence-electron chi connectivity index (χ2n) is 6.04. The van der Waals surface area contributed by atoms with Crippen LogP contribution in [0.25, 0.3) is 0 Å². The highest BCUT2D eigenvalue weighted by Gasteiger charge is 2.34. The number of hydrogen-bond donors (Lipinski definition) is 1. The van der Waals surface area contributed by atoms with Gasteiger partial charge in [-0.1, -0.05) is 42.0 Å². The number of nitrogens with zero attached hydrogens (tertiary/aromatic N) is 2. The number of amides is 1. The van der Waals surface area contributed by atoms with E-state index < -0.39 is 0 Å². The minimum atomic E-state index is -0.250. The highest BCUT2D eigenvalue weighted by molar-refractivity contribution is 6.16. The molecular weight excluding hydrogens is 286 g/mol. The summed E-state index contributed by atoms with van der Waals surface area (Å²) >= 11 is 0. The van der Waals surface area contributed by atoms with E-state index in [1.165, 1.54) is 5.56 Å². The lowest BCUT2D eigenvalue weighted by molar-refractivity contribution is -0.119. The summed E-state index contributed by atoms with van der Waals surface area (Å²) in [5.41, 5.74) is 7.48. The quantitative estimate of drug-likeness (QED) is 0.944. The predicted octanol–water partition coefficient (Wildman–Crippen LogP) is 3.39. The fraction of sp³-hybridized carbons (Fsp3) is 0.263. The second kappa shape index (κ2) is 6.24. The highest BCUT2D eigenvalue weighted by Crippen LogP contribution is 2.21. The molecule has 0 aliphatic carbocycles. The minimum absolute atomic E-state index is 0.0265. The van der Waals surface area contributed by atoms with Crippen LogP contribution in [-0.4, -0.2) is 11.7 Å². The number of nitrogens with one attached hydrogen (secondary N) is 1. The molecule has 1 unspecified atom stereocenters. The molecule has 0 spiro atoms. The number of hydrogen-bond acceptors (Lipinski definition) is 2. The van der Waals surface area contributed by atoms with Crippen LogP contribution in [0.15, 0.2) is 53.5 Å². The first-order valence-corrected chi connectivity index (χ1v) is 7.82. The van der Waals surface area contributed by atoms with Crippen molar-refractivity contribution >= 4 is 17.4 Å². The van der Waals surface area contributed by atoms with E-state index in [0.29, 0.717) is 6.54 Å². The Hall–Kier alpha value is -2.62. The molecule has 4 heteroatoms. The van der Waals surface area contributed by atoms with Gasteiger partial charge in [0.1, 0.15) is 5.84 Å². The van der Waals surface area contributed by atoms with Crippen LogP contribution in [0.3, 0.4) is 0 Å². The van der Waals surface area contributed by atoms with Crippen LogP contribution < -0.4 is 10.4 Å². The van der Waals surface area contributed by atoms with Gasteiger partial charge in [-0.3, -0.25) is 15.2 Å². The summed E-state index contributed by atoms with van der Waals surface area (Å²) in [6.07, 6.45) is 0. The number of benzene rings is 2. The lowest BCUT2D eigenvalue weighted by Gasteiger charge is -2.16. The number of anilines is 1. The largest absolute Gasteiger partial charge is 0.278 e. The SMILES string of the molecule is Cc1cccc(CN=C2NN(c3cccc(C)c3)C(=O)C2C)c1. The number of aryl methyl sites for hydroxylation is 2. The van der Waals surface area contributed by atoms with E-state index in [0.717, 1.165) is 22.6 Å². The van der Waals surface area contributed by atoms with Gasteiger partial charge < -0.3 is 0 Å². The van der Waals surface area contributed by atoms with E-state index in [2.05, 4.69) is 35.5 Å². The van der Waals surface area contributed by atoms with E-state index in [9.17, 15) is 4.79 Å². The van der Waals surface area contributed by atoms with Gasteiger partial charge in [0.2, 0.25) is 0 Å². The van der Waals surface area contributed by atoms with Crippen LogP contribution >= 0.6 is 0 Å². The maximum absolute atomic E-state index is 12.5. The molecule has 1 N–H and O–H groups in total. The van der Waals surface area contributed by atoms with Crippen molar-refractivity contribution < 1.29 is 4.79 Å². The molecule has 1 aliphatic rings. The molecule has 1 aliphatic heterocycles. The van der Waals surface area contributed by atoms with Crippen LogP contribution in [0.1, 0.15) is 23.6 Å². The topological polar surface area (TPSA) is 44.7 Å². The average molecular weight is 307 g/mol. The van der Waals surface area contributed by atoms with Crippen molar-refractivity contribution in [3.63, 3.8) is 0 Å². The molecule has 1 amide bonds. The van der Waals surface area contributed by atoms with Crippen LogP contribution in [0, 0.1) is 19.8 Å². The fourth-order valence-corrected chi connectivity index (χ4v) is 2.70. The van der Waals surface area contributed by atoms with Gasteiger partial charge in [0.15, 0.2) is 0 Å². The Morgan fingerprint density at radius 1 is 1.09 bits per heavy atom. The monoisotopic (exact) mass is 307 g/mol. The number of rotatable bonds is 3. The van der Waals surface area contributed by atoms with E-state index in [1.807, 2.05) is 44.2 Å². The molecule has 2 aromatic rings. The summed E-state index contributed by atoms with van der Waals surface area (Å²) < 4.78 is 0. The van der Waals surface area contributed by atoms with Crippen LogP contribution in [0.5, 0.6) is 0 Å². The van der Waals surface area contributed by atoms with E-state index in [1.54, 1.807) is 5.01 Å². The van der Waals surface area contributed by atoms with Gasteiger partial charge in [0, 0.05) is 0 Å². The number of amidine groups is 1. The van der Waals surface area contributed by atoms with Crippen molar-refractivity contribution in [2.24, 2.45) is 10.9 Å².